The van der Waals surface area contributed by atoms with Gasteiger partial charge in [-0.25, -0.2) is 4.79 Å². The predicted molar refractivity (Wildman–Crippen MR) is 116 cm³/mol. The van der Waals surface area contributed by atoms with Gasteiger partial charge in [-0.3, -0.25) is 4.79 Å². The molecule has 0 saturated heterocycles. The van der Waals surface area contributed by atoms with E-state index in [1.165, 1.54) is 0 Å². The summed E-state index contributed by atoms with van der Waals surface area (Å²) in [5.74, 6) is -1.20. The first-order chi connectivity index (χ1) is 15.0. The minimum atomic E-state index is -0.627. The molecule has 7 nitrogen and oxygen atoms in total. The molecule has 1 aliphatic rings. The quantitative estimate of drug-likeness (QED) is 0.584. The number of benzene rings is 2. The summed E-state index contributed by atoms with van der Waals surface area (Å²) in [6, 6.07) is 13.8. The van der Waals surface area contributed by atoms with Crippen molar-refractivity contribution in [1.29, 1.82) is 0 Å². The molecule has 4 rings (SSSR count). The van der Waals surface area contributed by atoms with Crippen LogP contribution in [-0.2, 0) is 19.1 Å². The third kappa shape index (κ3) is 3.99. The largest absolute Gasteiger partial charge is 0.466 e. The third-order valence-electron chi connectivity index (χ3n) is 5.28. The number of rotatable bonds is 6. The Kier molecular flexibility index (Phi) is 5.66. The zero-order valence-corrected chi connectivity index (χ0v) is 17.4. The second-order valence-electron chi connectivity index (χ2n) is 7.19. The molecule has 160 valence electrons. The van der Waals surface area contributed by atoms with E-state index in [0.717, 1.165) is 22.0 Å². The van der Waals surface area contributed by atoms with Crippen LogP contribution >= 0.6 is 0 Å². The molecule has 1 unspecified atom stereocenters. The van der Waals surface area contributed by atoms with Gasteiger partial charge in [0.1, 0.15) is 11.3 Å². The van der Waals surface area contributed by atoms with Crippen molar-refractivity contribution in [3.8, 4) is 16.9 Å². The van der Waals surface area contributed by atoms with Gasteiger partial charge in [-0.05, 0) is 60.7 Å². The van der Waals surface area contributed by atoms with E-state index in [1.54, 1.807) is 19.9 Å². The summed E-state index contributed by atoms with van der Waals surface area (Å²) in [6.07, 6.45) is 1.85. The minimum absolute atomic E-state index is 0.0423. The van der Waals surface area contributed by atoms with E-state index in [2.05, 4.69) is 11.1 Å². The number of hydrogen-bond acceptors (Lipinski definition) is 6. The molecule has 7 heteroatoms. The highest BCUT2D eigenvalue weighted by molar-refractivity contribution is 5.93. The Bertz CT molecular complexity index is 1180. The van der Waals surface area contributed by atoms with Crippen molar-refractivity contribution >= 4 is 22.8 Å². The molecule has 1 aromatic heterocycles. The van der Waals surface area contributed by atoms with E-state index in [4.69, 9.17) is 19.9 Å². The number of ether oxygens (including phenoxy) is 3. The van der Waals surface area contributed by atoms with Crippen molar-refractivity contribution in [3.63, 3.8) is 0 Å². The molecule has 3 N–H and O–H groups in total. The lowest BCUT2D eigenvalue weighted by Crippen LogP contribution is -2.28. The number of H-pyrrole nitrogens is 1. The molecule has 0 saturated carbocycles. The van der Waals surface area contributed by atoms with E-state index in [0.29, 0.717) is 11.3 Å². The number of esters is 2. The number of carbonyl (C=O) groups is 2. The molecule has 0 amide bonds. The molecule has 1 aliphatic heterocycles. The standard InChI is InChI=1S/C24H24N2O5/c1-3-29-21(27)13-18-17-12-15(14-5-7-19-16(11-14)9-10-26-19)6-8-20(17)31-23(25)22(18)24(28)30-4-2/h5-12,18,26H,3-4,13,25H2,1-2H3. The maximum absolute atomic E-state index is 12.6. The zero-order valence-electron chi connectivity index (χ0n) is 17.4. The van der Waals surface area contributed by atoms with Crippen LogP contribution in [0.2, 0.25) is 0 Å². The van der Waals surface area contributed by atoms with Crippen LogP contribution in [0, 0.1) is 0 Å². The normalized spacial score (nSPS) is 15.4. The van der Waals surface area contributed by atoms with Gasteiger partial charge in [-0.15, -0.1) is 0 Å². The van der Waals surface area contributed by atoms with Crippen LogP contribution in [0.25, 0.3) is 22.0 Å². The highest BCUT2D eigenvalue weighted by Gasteiger charge is 2.36. The molecule has 0 spiro atoms. The fourth-order valence-corrected chi connectivity index (χ4v) is 3.88. The van der Waals surface area contributed by atoms with Gasteiger partial charge >= 0.3 is 11.9 Å². The number of nitrogens with one attached hydrogen (secondary N) is 1. The van der Waals surface area contributed by atoms with Gasteiger partial charge in [0, 0.05) is 23.2 Å². The van der Waals surface area contributed by atoms with Crippen LogP contribution in [0.15, 0.2) is 60.1 Å². The van der Waals surface area contributed by atoms with Crippen molar-refractivity contribution in [2.45, 2.75) is 26.2 Å². The van der Waals surface area contributed by atoms with Crippen molar-refractivity contribution in [1.82, 2.24) is 4.98 Å². The van der Waals surface area contributed by atoms with E-state index in [9.17, 15) is 9.59 Å². The maximum atomic E-state index is 12.6. The molecule has 0 aliphatic carbocycles. The lowest BCUT2D eigenvalue weighted by atomic mass is 9.84. The molecule has 3 aromatic rings. The Morgan fingerprint density at radius 2 is 1.77 bits per heavy atom. The molecule has 2 aromatic carbocycles. The average molecular weight is 420 g/mol. The number of hydrogen-bond donors (Lipinski definition) is 2. The molecular formula is C24H24N2O5. The summed E-state index contributed by atoms with van der Waals surface area (Å²) in [5, 5.41) is 1.09. The van der Waals surface area contributed by atoms with Crippen LogP contribution in [0.5, 0.6) is 5.75 Å². The topological polar surface area (TPSA) is 104 Å². The van der Waals surface area contributed by atoms with Gasteiger partial charge in [-0.1, -0.05) is 12.1 Å². The molecule has 1 atom stereocenters. The van der Waals surface area contributed by atoms with E-state index >= 15 is 0 Å². The van der Waals surface area contributed by atoms with Gasteiger partial charge < -0.3 is 24.9 Å². The first-order valence-electron chi connectivity index (χ1n) is 10.2. The summed E-state index contributed by atoms with van der Waals surface area (Å²) < 4.78 is 16.1. The molecule has 2 heterocycles. The summed E-state index contributed by atoms with van der Waals surface area (Å²) in [4.78, 5) is 28.2. The second kappa shape index (κ2) is 8.55. The molecule has 0 bridgehead atoms. The molecule has 31 heavy (non-hydrogen) atoms. The highest BCUT2D eigenvalue weighted by Crippen LogP contribution is 2.42. The fourth-order valence-electron chi connectivity index (χ4n) is 3.88. The first kappa shape index (κ1) is 20.5. The summed E-state index contributed by atoms with van der Waals surface area (Å²) in [7, 11) is 0. The van der Waals surface area contributed by atoms with Gasteiger partial charge in [0.15, 0.2) is 0 Å². The van der Waals surface area contributed by atoms with Crippen LogP contribution < -0.4 is 10.5 Å². The number of nitrogens with two attached hydrogens (primary N) is 1. The van der Waals surface area contributed by atoms with Gasteiger partial charge in [0.25, 0.3) is 0 Å². The van der Waals surface area contributed by atoms with Crippen LogP contribution in [-0.4, -0.2) is 30.1 Å². The zero-order chi connectivity index (χ0) is 22.0. The minimum Gasteiger partial charge on any atom is -0.466 e. The fraction of sp³-hybridized carbons (Fsp3) is 0.250. The lowest BCUT2D eigenvalue weighted by Gasteiger charge is -2.28. The maximum Gasteiger partial charge on any atom is 0.340 e. The van der Waals surface area contributed by atoms with Crippen molar-refractivity contribution in [2.75, 3.05) is 13.2 Å². The van der Waals surface area contributed by atoms with Crippen LogP contribution in [0.3, 0.4) is 0 Å². The van der Waals surface area contributed by atoms with Crippen LogP contribution in [0.1, 0.15) is 31.7 Å². The monoisotopic (exact) mass is 420 g/mol. The Morgan fingerprint density at radius 1 is 1.03 bits per heavy atom. The number of fused-ring (bicyclic) bond motifs is 2. The summed E-state index contributed by atoms with van der Waals surface area (Å²) in [5.41, 5.74) is 9.88. The predicted octanol–water partition coefficient (Wildman–Crippen LogP) is 4.00. The summed E-state index contributed by atoms with van der Waals surface area (Å²) >= 11 is 0. The second-order valence-corrected chi connectivity index (χ2v) is 7.19. The van der Waals surface area contributed by atoms with Crippen molar-refractivity contribution in [2.24, 2.45) is 5.73 Å². The molecular weight excluding hydrogens is 396 g/mol. The van der Waals surface area contributed by atoms with E-state index in [1.807, 2.05) is 36.5 Å². The van der Waals surface area contributed by atoms with E-state index < -0.39 is 17.9 Å². The van der Waals surface area contributed by atoms with E-state index in [-0.39, 0.29) is 31.1 Å². The third-order valence-corrected chi connectivity index (χ3v) is 5.28. The highest BCUT2D eigenvalue weighted by atomic mass is 16.5. The Balaban J connectivity index is 1.78. The van der Waals surface area contributed by atoms with Gasteiger partial charge in [0.05, 0.1) is 19.6 Å². The average Bonchev–Trinajstić information content (AvgIpc) is 3.21. The smallest absolute Gasteiger partial charge is 0.340 e. The first-order valence-corrected chi connectivity index (χ1v) is 10.2. The molecule has 0 radical (unpaired) electrons. The van der Waals surface area contributed by atoms with Gasteiger partial charge in [0.2, 0.25) is 5.88 Å². The van der Waals surface area contributed by atoms with Crippen LogP contribution in [0.4, 0.5) is 0 Å². The number of carbonyl (C=O) groups excluding carboxylic acids is 2. The Hall–Kier alpha value is -3.74. The lowest BCUT2D eigenvalue weighted by molar-refractivity contribution is -0.143. The van der Waals surface area contributed by atoms with Crippen molar-refractivity contribution in [3.05, 3.63) is 65.7 Å². The number of aromatic nitrogens is 1. The summed E-state index contributed by atoms with van der Waals surface area (Å²) in [6.45, 7) is 3.88. The molecule has 0 fully saturated rings. The van der Waals surface area contributed by atoms with Crippen molar-refractivity contribution < 1.29 is 23.8 Å². The Morgan fingerprint density at radius 3 is 2.55 bits per heavy atom. The SMILES string of the molecule is CCOC(=O)CC1C(C(=O)OCC)=C(N)Oc2ccc(-c3ccc4[nH]ccc4c3)cc21. The van der Waals surface area contributed by atoms with Gasteiger partial charge in [-0.2, -0.15) is 0 Å². The number of aromatic amines is 1. The Labute approximate surface area is 179 Å².